The van der Waals surface area contributed by atoms with Crippen molar-refractivity contribution in [1.82, 2.24) is 0 Å². The minimum Gasteiger partial charge on any atom is -0.462 e. The first kappa shape index (κ1) is 17.7. The largest absolute Gasteiger partial charge is 0.462 e. The van der Waals surface area contributed by atoms with Crippen LogP contribution in [0.1, 0.15) is 44.2 Å². The molecule has 0 atom stereocenters. The number of ether oxygens (including phenoxy) is 2. The molecule has 0 aliphatic rings. The molecule has 2 rings (SSSR count). The molecule has 0 spiro atoms. The van der Waals surface area contributed by atoms with Crippen LogP contribution in [-0.4, -0.2) is 31.1 Å². The third-order valence-corrected chi connectivity index (χ3v) is 3.83. The van der Waals surface area contributed by atoms with Crippen LogP contribution in [0.5, 0.6) is 0 Å². The Kier molecular flexibility index (Phi) is 6.08. The minimum absolute atomic E-state index is 0.170. The van der Waals surface area contributed by atoms with E-state index in [1.165, 1.54) is 29.5 Å². The Hall–Kier alpha value is -2.67. The summed E-state index contributed by atoms with van der Waals surface area (Å²) in [6.45, 7) is 3.79. The Morgan fingerprint density at radius 1 is 1.00 bits per heavy atom. The summed E-state index contributed by atoms with van der Waals surface area (Å²) in [6, 6.07) is 7.76. The van der Waals surface area contributed by atoms with E-state index < -0.39 is 11.9 Å². The van der Waals surface area contributed by atoms with E-state index in [2.05, 4.69) is 5.32 Å². The first-order valence-corrected chi connectivity index (χ1v) is 8.27. The number of carbonyl (C=O) groups is 3. The maximum atomic E-state index is 12.2. The Morgan fingerprint density at radius 2 is 1.58 bits per heavy atom. The first-order valence-electron chi connectivity index (χ1n) is 7.39. The van der Waals surface area contributed by atoms with Gasteiger partial charge in [-0.2, -0.15) is 0 Å². The number of thiophene rings is 1. The Morgan fingerprint density at radius 3 is 2.04 bits per heavy atom. The fourth-order valence-electron chi connectivity index (χ4n) is 1.96. The maximum absolute atomic E-state index is 12.2. The van der Waals surface area contributed by atoms with E-state index in [0.29, 0.717) is 10.6 Å². The van der Waals surface area contributed by atoms with Crippen molar-refractivity contribution in [2.45, 2.75) is 13.8 Å². The first-order chi connectivity index (χ1) is 11.5. The molecule has 24 heavy (non-hydrogen) atoms. The lowest BCUT2D eigenvalue weighted by Crippen LogP contribution is -2.14. The number of amides is 1. The van der Waals surface area contributed by atoms with Crippen LogP contribution in [0.15, 0.2) is 35.7 Å². The van der Waals surface area contributed by atoms with Gasteiger partial charge in [-0.1, -0.05) is 6.07 Å². The normalized spacial score (nSPS) is 10.1. The van der Waals surface area contributed by atoms with Gasteiger partial charge in [0.15, 0.2) is 0 Å². The van der Waals surface area contributed by atoms with E-state index in [4.69, 9.17) is 9.47 Å². The monoisotopic (exact) mass is 347 g/mol. The van der Waals surface area contributed by atoms with Gasteiger partial charge in [0.2, 0.25) is 0 Å². The van der Waals surface area contributed by atoms with Crippen molar-refractivity contribution in [3.63, 3.8) is 0 Å². The van der Waals surface area contributed by atoms with Gasteiger partial charge in [-0.15, -0.1) is 11.3 Å². The van der Waals surface area contributed by atoms with Crippen molar-refractivity contribution in [2.24, 2.45) is 0 Å². The van der Waals surface area contributed by atoms with Gasteiger partial charge in [0, 0.05) is 5.69 Å². The van der Waals surface area contributed by atoms with E-state index in [9.17, 15) is 14.4 Å². The number of benzene rings is 1. The highest BCUT2D eigenvalue weighted by molar-refractivity contribution is 7.12. The zero-order chi connectivity index (χ0) is 17.5. The molecule has 7 heteroatoms. The summed E-state index contributed by atoms with van der Waals surface area (Å²) in [6.07, 6.45) is 0. The maximum Gasteiger partial charge on any atom is 0.338 e. The van der Waals surface area contributed by atoms with Gasteiger partial charge in [-0.3, -0.25) is 4.79 Å². The summed E-state index contributed by atoms with van der Waals surface area (Å²) in [4.78, 5) is 36.6. The van der Waals surface area contributed by atoms with Crippen molar-refractivity contribution >= 4 is 34.9 Å². The van der Waals surface area contributed by atoms with E-state index in [1.807, 2.05) is 0 Å². The number of hydrogen-bond donors (Lipinski definition) is 1. The van der Waals surface area contributed by atoms with Crippen LogP contribution in [0.25, 0.3) is 0 Å². The number of nitrogens with one attached hydrogen (secondary N) is 1. The lowest BCUT2D eigenvalue weighted by molar-refractivity contribution is 0.0525. The third-order valence-electron chi connectivity index (χ3n) is 2.96. The molecule has 0 bridgehead atoms. The van der Waals surface area contributed by atoms with Crippen molar-refractivity contribution in [2.75, 3.05) is 18.5 Å². The average Bonchev–Trinajstić information content (AvgIpc) is 3.09. The summed E-state index contributed by atoms with van der Waals surface area (Å²) in [5, 5.41) is 4.46. The number of rotatable bonds is 6. The second-order valence-electron chi connectivity index (χ2n) is 4.67. The van der Waals surface area contributed by atoms with Gasteiger partial charge in [0.05, 0.1) is 29.2 Å². The molecule has 0 fully saturated rings. The highest BCUT2D eigenvalue weighted by Crippen LogP contribution is 2.19. The number of anilines is 1. The molecule has 2 aromatic rings. The van der Waals surface area contributed by atoms with E-state index >= 15 is 0 Å². The van der Waals surface area contributed by atoms with Gasteiger partial charge in [0.1, 0.15) is 0 Å². The molecule has 0 aliphatic heterocycles. The predicted molar refractivity (Wildman–Crippen MR) is 90.6 cm³/mol. The molecule has 1 N–H and O–H groups in total. The Balaban J connectivity index is 2.32. The second-order valence-corrected chi connectivity index (χ2v) is 5.62. The molecule has 1 aromatic carbocycles. The number of hydrogen-bond acceptors (Lipinski definition) is 6. The molecular formula is C17H17NO5S. The summed E-state index contributed by atoms with van der Waals surface area (Å²) in [5.74, 6) is -1.47. The fourth-order valence-corrected chi connectivity index (χ4v) is 2.58. The summed E-state index contributed by atoms with van der Waals surface area (Å²) >= 11 is 1.29. The molecule has 0 aliphatic carbocycles. The molecule has 0 saturated heterocycles. The van der Waals surface area contributed by atoms with E-state index in [0.717, 1.165) is 0 Å². The van der Waals surface area contributed by atoms with Crippen molar-refractivity contribution in [1.29, 1.82) is 0 Å². The molecule has 1 heterocycles. The highest BCUT2D eigenvalue weighted by Gasteiger charge is 2.16. The summed E-state index contributed by atoms with van der Waals surface area (Å²) < 4.78 is 9.91. The average molecular weight is 347 g/mol. The Bertz CT molecular complexity index is 703. The molecule has 6 nitrogen and oxygen atoms in total. The number of carbonyl (C=O) groups excluding carboxylic acids is 3. The molecule has 0 unspecified atom stereocenters. The van der Waals surface area contributed by atoms with Crippen LogP contribution in [0.4, 0.5) is 5.69 Å². The van der Waals surface area contributed by atoms with E-state index in [1.54, 1.807) is 31.4 Å². The van der Waals surface area contributed by atoms with Gasteiger partial charge in [-0.25, -0.2) is 9.59 Å². The summed E-state index contributed by atoms with van der Waals surface area (Å²) in [7, 11) is 0. The van der Waals surface area contributed by atoms with Crippen molar-refractivity contribution in [3.8, 4) is 0 Å². The van der Waals surface area contributed by atoms with Crippen LogP contribution in [0, 0.1) is 0 Å². The highest BCUT2D eigenvalue weighted by atomic mass is 32.1. The lowest BCUT2D eigenvalue weighted by Gasteiger charge is -2.10. The summed E-state index contributed by atoms with van der Waals surface area (Å²) in [5.41, 5.74) is 0.662. The topological polar surface area (TPSA) is 81.7 Å². The zero-order valence-corrected chi connectivity index (χ0v) is 14.1. The molecule has 0 saturated carbocycles. The quantitative estimate of drug-likeness (QED) is 0.810. The van der Waals surface area contributed by atoms with Crippen LogP contribution >= 0.6 is 11.3 Å². The van der Waals surface area contributed by atoms with Crippen LogP contribution in [0.3, 0.4) is 0 Å². The van der Waals surface area contributed by atoms with Crippen LogP contribution in [-0.2, 0) is 9.47 Å². The van der Waals surface area contributed by atoms with Gasteiger partial charge >= 0.3 is 11.9 Å². The fraction of sp³-hybridized carbons (Fsp3) is 0.235. The zero-order valence-electron chi connectivity index (χ0n) is 13.3. The molecule has 1 aromatic heterocycles. The van der Waals surface area contributed by atoms with E-state index in [-0.39, 0.29) is 30.2 Å². The van der Waals surface area contributed by atoms with Crippen LogP contribution in [0.2, 0.25) is 0 Å². The standard InChI is InChI=1S/C17H17NO5S/c1-3-22-16(20)11-8-12(17(21)23-4-2)10-13(9-11)18-15(19)14-6-5-7-24-14/h5-10H,3-4H2,1-2H3,(H,18,19). The lowest BCUT2D eigenvalue weighted by atomic mass is 10.1. The predicted octanol–water partition coefficient (Wildman–Crippen LogP) is 3.35. The van der Waals surface area contributed by atoms with Gasteiger partial charge in [0.25, 0.3) is 5.91 Å². The Labute approximate surface area is 143 Å². The molecule has 126 valence electrons. The smallest absolute Gasteiger partial charge is 0.338 e. The second kappa shape index (κ2) is 8.26. The third kappa shape index (κ3) is 4.42. The minimum atomic E-state index is -0.574. The van der Waals surface area contributed by atoms with Crippen molar-refractivity contribution < 1.29 is 23.9 Å². The van der Waals surface area contributed by atoms with Gasteiger partial charge in [-0.05, 0) is 43.5 Å². The van der Waals surface area contributed by atoms with Crippen molar-refractivity contribution in [3.05, 3.63) is 51.7 Å². The number of esters is 2. The molecule has 0 radical (unpaired) electrons. The molecular weight excluding hydrogens is 330 g/mol. The SMILES string of the molecule is CCOC(=O)c1cc(NC(=O)c2cccs2)cc(C(=O)OCC)c1. The molecule has 1 amide bonds. The van der Waals surface area contributed by atoms with Gasteiger partial charge < -0.3 is 14.8 Å². The van der Waals surface area contributed by atoms with Crippen LogP contribution < -0.4 is 5.32 Å².